The van der Waals surface area contributed by atoms with E-state index < -0.39 is 0 Å². The Kier molecular flexibility index (Phi) is 7.13. The second-order valence-corrected chi connectivity index (χ2v) is 9.68. The summed E-state index contributed by atoms with van der Waals surface area (Å²) >= 11 is 6.52. The number of aryl methyl sites for hydroxylation is 2. The van der Waals surface area contributed by atoms with Gasteiger partial charge in [0.15, 0.2) is 5.82 Å². The Bertz CT molecular complexity index is 1400. The number of nitrogens with zero attached hydrogens (tertiary/aromatic N) is 5. The molecule has 1 aromatic carbocycles. The number of carbonyl (C=O) groups excluding carboxylic acids is 1. The Hall–Kier alpha value is -3.52. The van der Waals surface area contributed by atoms with Gasteiger partial charge in [-0.3, -0.25) is 9.78 Å². The van der Waals surface area contributed by atoms with Crippen molar-refractivity contribution in [3.8, 4) is 17.1 Å². The fraction of sp³-hybridized carbons (Fsp3) is 0.370. The molecule has 4 aromatic rings. The van der Waals surface area contributed by atoms with Crippen LogP contribution >= 0.6 is 11.6 Å². The van der Waals surface area contributed by atoms with Crippen molar-refractivity contribution in [3.05, 3.63) is 64.8 Å². The molecule has 1 aliphatic rings. The first kappa shape index (κ1) is 24.2. The van der Waals surface area contributed by atoms with E-state index in [4.69, 9.17) is 21.3 Å². The highest BCUT2D eigenvalue weighted by Gasteiger charge is 2.21. The van der Waals surface area contributed by atoms with Crippen LogP contribution in [-0.4, -0.2) is 30.6 Å². The lowest BCUT2D eigenvalue weighted by Gasteiger charge is -2.21. The van der Waals surface area contributed by atoms with Gasteiger partial charge in [0.1, 0.15) is 24.2 Å². The van der Waals surface area contributed by atoms with Crippen LogP contribution in [-0.2, 0) is 25.0 Å². The minimum Gasteiger partial charge on any atom is -0.487 e. The van der Waals surface area contributed by atoms with E-state index in [9.17, 15) is 4.79 Å². The predicted octanol–water partition coefficient (Wildman–Crippen LogP) is 5.16. The summed E-state index contributed by atoms with van der Waals surface area (Å²) in [6, 6.07) is 7.84. The SMILES string of the molecule is Cc1cc(-c2ncnn2C)c2cccc(OCc3c(Cl)cncc3CNC(=O)C3CCCCC3)c2n1. The Morgan fingerprint density at radius 1 is 1.22 bits per heavy atom. The molecule has 8 nitrogen and oxygen atoms in total. The van der Waals surface area contributed by atoms with Crippen molar-refractivity contribution >= 4 is 28.4 Å². The number of benzene rings is 1. The summed E-state index contributed by atoms with van der Waals surface area (Å²) in [6.45, 7) is 2.54. The first-order valence-electron chi connectivity index (χ1n) is 12.3. The second kappa shape index (κ2) is 10.6. The third-order valence-electron chi connectivity index (χ3n) is 6.78. The van der Waals surface area contributed by atoms with Crippen LogP contribution in [0.4, 0.5) is 0 Å². The van der Waals surface area contributed by atoms with E-state index in [-0.39, 0.29) is 18.4 Å². The standard InChI is InChI=1S/C27H29ClN6O2/c1-17-11-21(26-31-16-32-34(26)2)20-9-6-10-24(25(20)33-17)36-15-22-19(12-29-14-23(22)28)13-30-27(35)18-7-4-3-5-8-18/h6,9-12,14,16,18H,3-5,7-8,13,15H2,1-2H3,(H,30,35). The number of amides is 1. The topological polar surface area (TPSA) is 94.8 Å². The van der Waals surface area contributed by atoms with Gasteiger partial charge >= 0.3 is 0 Å². The summed E-state index contributed by atoms with van der Waals surface area (Å²) in [5, 5.41) is 8.72. The van der Waals surface area contributed by atoms with Gasteiger partial charge in [-0.1, -0.05) is 43.0 Å². The summed E-state index contributed by atoms with van der Waals surface area (Å²) < 4.78 is 8.02. The molecule has 1 aliphatic carbocycles. The lowest BCUT2D eigenvalue weighted by atomic mass is 9.88. The molecule has 1 amide bonds. The highest BCUT2D eigenvalue weighted by molar-refractivity contribution is 6.31. The Morgan fingerprint density at radius 2 is 2.06 bits per heavy atom. The Labute approximate surface area is 215 Å². The Balaban J connectivity index is 1.38. The van der Waals surface area contributed by atoms with E-state index in [1.165, 1.54) is 12.7 Å². The molecule has 36 heavy (non-hydrogen) atoms. The van der Waals surface area contributed by atoms with Crippen LogP contribution in [0.25, 0.3) is 22.3 Å². The fourth-order valence-corrected chi connectivity index (χ4v) is 5.08. The number of carbonyl (C=O) groups is 1. The number of halogens is 1. The van der Waals surface area contributed by atoms with Gasteiger partial charge in [0.25, 0.3) is 0 Å². The second-order valence-electron chi connectivity index (χ2n) is 9.27. The van der Waals surface area contributed by atoms with E-state index in [2.05, 4.69) is 20.4 Å². The summed E-state index contributed by atoms with van der Waals surface area (Å²) in [7, 11) is 1.87. The number of rotatable bonds is 7. The first-order chi connectivity index (χ1) is 17.5. The number of ether oxygens (including phenoxy) is 1. The third-order valence-corrected chi connectivity index (χ3v) is 7.10. The van der Waals surface area contributed by atoms with E-state index in [1.54, 1.807) is 17.1 Å². The quantitative estimate of drug-likeness (QED) is 0.373. The van der Waals surface area contributed by atoms with Gasteiger partial charge < -0.3 is 10.1 Å². The van der Waals surface area contributed by atoms with Crippen LogP contribution in [0, 0.1) is 12.8 Å². The van der Waals surface area contributed by atoms with Gasteiger partial charge in [0.05, 0.1) is 5.02 Å². The van der Waals surface area contributed by atoms with Crippen LogP contribution < -0.4 is 10.1 Å². The molecule has 0 aliphatic heterocycles. The number of hydrogen-bond donors (Lipinski definition) is 1. The first-order valence-corrected chi connectivity index (χ1v) is 12.7. The van der Waals surface area contributed by atoms with E-state index in [1.807, 2.05) is 38.2 Å². The van der Waals surface area contributed by atoms with Gasteiger partial charge in [0.2, 0.25) is 5.91 Å². The summed E-state index contributed by atoms with van der Waals surface area (Å²) in [5.74, 6) is 1.60. The molecule has 3 aromatic heterocycles. The summed E-state index contributed by atoms with van der Waals surface area (Å²) in [5.41, 5.74) is 4.18. The lowest BCUT2D eigenvalue weighted by molar-refractivity contribution is -0.126. The molecule has 0 saturated heterocycles. The molecule has 1 saturated carbocycles. The number of fused-ring (bicyclic) bond motifs is 1. The average Bonchev–Trinajstić information content (AvgIpc) is 3.32. The molecule has 0 bridgehead atoms. The zero-order valence-corrected chi connectivity index (χ0v) is 21.3. The van der Waals surface area contributed by atoms with E-state index in [0.29, 0.717) is 17.3 Å². The van der Waals surface area contributed by atoms with Crippen molar-refractivity contribution in [1.82, 2.24) is 30.0 Å². The highest BCUT2D eigenvalue weighted by Crippen LogP contribution is 2.33. The van der Waals surface area contributed by atoms with Gasteiger partial charge in [-0.15, -0.1) is 0 Å². The van der Waals surface area contributed by atoms with Crippen LogP contribution in [0.3, 0.4) is 0 Å². The minimum atomic E-state index is 0.0960. The number of aromatic nitrogens is 5. The molecule has 5 rings (SSSR count). The van der Waals surface area contributed by atoms with Gasteiger partial charge in [-0.2, -0.15) is 5.10 Å². The summed E-state index contributed by atoms with van der Waals surface area (Å²) in [4.78, 5) is 26.1. The average molecular weight is 505 g/mol. The number of hydrogen-bond acceptors (Lipinski definition) is 6. The van der Waals surface area contributed by atoms with Crippen LogP contribution in [0.1, 0.15) is 48.9 Å². The molecule has 0 unspecified atom stereocenters. The third kappa shape index (κ3) is 5.04. The van der Waals surface area contributed by atoms with Crippen molar-refractivity contribution in [2.45, 2.75) is 52.2 Å². The van der Waals surface area contributed by atoms with Crippen LogP contribution in [0.2, 0.25) is 5.02 Å². The molecule has 9 heteroatoms. The molecular formula is C27H29ClN6O2. The summed E-state index contributed by atoms with van der Waals surface area (Å²) in [6.07, 6.45) is 10.2. The monoisotopic (exact) mass is 504 g/mol. The normalized spacial score (nSPS) is 14.2. The minimum absolute atomic E-state index is 0.0960. The molecule has 0 atom stereocenters. The smallest absolute Gasteiger partial charge is 0.223 e. The van der Waals surface area contributed by atoms with Crippen molar-refractivity contribution in [2.24, 2.45) is 13.0 Å². The fourth-order valence-electron chi connectivity index (χ4n) is 4.85. The van der Waals surface area contributed by atoms with Crippen molar-refractivity contribution in [2.75, 3.05) is 0 Å². The molecule has 1 N–H and O–H groups in total. The maximum Gasteiger partial charge on any atom is 0.223 e. The van der Waals surface area contributed by atoms with Crippen molar-refractivity contribution < 1.29 is 9.53 Å². The maximum atomic E-state index is 12.7. The van der Waals surface area contributed by atoms with E-state index >= 15 is 0 Å². The number of para-hydroxylation sites is 1. The zero-order valence-electron chi connectivity index (χ0n) is 20.5. The van der Waals surface area contributed by atoms with Gasteiger partial charge in [0, 0.05) is 54.1 Å². The molecule has 0 radical (unpaired) electrons. The number of pyridine rings is 2. The molecule has 0 spiro atoms. The zero-order chi connectivity index (χ0) is 25.1. The Morgan fingerprint density at radius 3 is 2.83 bits per heavy atom. The van der Waals surface area contributed by atoms with Gasteiger partial charge in [-0.05, 0) is 37.5 Å². The van der Waals surface area contributed by atoms with Crippen molar-refractivity contribution in [1.29, 1.82) is 0 Å². The molecular weight excluding hydrogens is 476 g/mol. The lowest BCUT2D eigenvalue weighted by Crippen LogP contribution is -2.31. The molecule has 1 fully saturated rings. The predicted molar refractivity (Wildman–Crippen MR) is 138 cm³/mol. The van der Waals surface area contributed by atoms with Gasteiger partial charge in [-0.25, -0.2) is 14.6 Å². The highest BCUT2D eigenvalue weighted by atomic mass is 35.5. The van der Waals surface area contributed by atoms with Crippen molar-refractivity contribution in [3.63, 3.8) is 0 Å². The largest absolute Gasteiger partial charge is 0.487 e. The van der Waals surface area contributed by atoms with Crippen LogP contribution in [0.5, 0.6) is 5.75 Å². The van der Waals surface area contributed by atoms with Crippen LogP contribution in [0.15, 0.2) is 43.0 Å². The number of nitrogens with one attached hydrogen (secondary N) is 1. The molecule has 186 valence electrons. The maximum absolute atomic E-state index is 12.7. The van der Waals surface area contributed by atoms with E-state index in [0.717, 1.165) is 64.8 Å². The molecule has 3 heterocycles.